The monoisotopic (exact) mass is 211 g/mol. The quantitative estimate of drug-likeness (QED) is 0.580. The number of hydrogen-bond acceptors (Lipinski definition) is 3. The molecule has 0 aliphatic carbocycles. The maximum atomic E-state index is 10.4. The number of nitrogens with one attached hydrogen (secondary N) is 1. The lowest BCUT2D eigenvalue weighted by atomic mass is 10.3. The molecule has 1 heterocycles. The van der Waals surface area contributed by atoms with E-state index >= 15 is 0 Å². The van der Waals surface area contributed by atoms with Gasteiger partial charge in [0.15, 0.2) is 0 Å². The van der Waals surface area contributed by atoms with Crippen LogP contribution in [0.4, 0.5) is 4.79 Å². The van der Waals surface area contributed by atoms with Crippen molar-refractivity contribution in [3.8, 4) is 0 Å². The van der Waals surface area contributed by atoms with Crippen molar-refractivity contribution in [2.45, 2.75) is 20.3 Å². The van der Waals surface area contributed by atoms with Gasteiger partial charge in [0, 0.05) is 4.88 Å². The predicted molar refractivity (Wildman–Crippen MR) is 58.6 cm³/mol. The molecule has 1 rings (SSSR count). The summed E-state index contributed by atoms with van der Waals surface area (Å²) in [6.07, 6.45) is 1.02. The van der Waals surface area contributed by atoms with E-state index in [-0.39, 0.29) is 0 Å². The summed E-state index contributed by atoms with van der Waals surface area (Å²) in [5.41, 5.74) is 7.87. The van der Waals surface area contributed by atoms with E-state index in [1.165, 1.54) is 4.88 Å². The molecule has 0 aliphatic rings. The zero-order valence-electron chi connectivity index (χ0n) is 8.20. The van der Waals surface area contributed by atoms with E-state index in [9.17, 15) is 4.79 Å². The zero-order valence-corrected chi connectivity index (χ0v) is 9.02. The first kappa shape index (κ1) is 10.7. The number of amides is 2. The first-order chi connectivity index (χ1) is 6.63. The van der Waals surface area contributed by atoms with E-state index in [1.54, 1.807) is 11.3 Å². The largest absolute Gasteiger partial charge is 0.350 e. The molecule has 0 aliphatic heterocycles. The number of rotatable bonds is 3. The van der Waals surface area contributed by atoms with Gasteiger partial charge in [0.25, 0.3) is 0 Å². The fourth-order valence-corrected chi connectivity index (χ4v) is 1.85. The molecule has 0 unspecified atom stereocenters. The molecule has 0 bridgehead atoms. The summed E-state index contributed by atoms with van der Waals surface area (Å²) in [6, 6.07) is 3.41. The van der Waals surface area contributed by atoms with Gasteiger partial charge in [-0.2, -0.15) is 5.10 Å². The van der Waals surface area contributed by atoms with Gasteiger partial charge in [0.1, 0.15) is 0 Å². The van der Waals surface area contributed by atoms with Crippen molar-refractivity contribution in [3.05, 3.63) is 21.9 Å². The Morgan fingerprint density at radius 3 is 2.86 bits per heavy atom. The van der Waals surface area contributed by atoms with Crippen molar-refractivity contribution in [2.75, 3.05) is 0 Å². The molecule has 0 saturated heterocycles. The molecule has 1 aromatic rings. The van der Waals surface area contributed by atoms with Crippen LogP contribution in [-0.2, 0) is 6.42 Å². The van der Waals surface area contributed by atoms with Crippen LogP contribution < -0.4 is 11.2 Å². The second kappa shape index (κ2) is 4.76. The second-order valence-corrected chi connectivity index (χ2v) is 3.96. The van der Waals surface area contributed by atoms with E-state index in [1.807, 2.05) is 13.0 Å². The molecule has 5 heteroatoms. The topological polar surface area (TPSA) is 67.5 Å². The normalized spacial score (nSPS) is 11.4. The summed E-state index contributed by atoms with van der Waals surface area (Å²) in [7, 11) is 0. The number of hydrazone groups is 1. The number of carbonyl (C=O) groups is 1. The maximum absolute atomic E-state index is 10.4. The predicted octanol–water partition coefficient (Wildman–Crippen LogP) is 1.70. The van der Waals surface area contributed by atoms with Crippen LogP contribution in [0.1, 0.15) is 23.6 Å². The summed E-state index contributed by atoms with van der Waals surface area (Å²) in [4.78, 5) is 12.8. The minimum atomic E-state index is -0.642. The minimum Gasteiger partial charge on any atom is -0.350 e. The molecule has 0 spiro atoms. The first-order valence-corrected chi connectivity index (χ1v) is 5.14. The number of hydrogen-bond donors (Lipinski definition) is 2. The fraction of sp³-hybridized carbons (Fsp3) is 0.333. The molecular formula is C9H13N3OS. The average Bonchev–Trinajstić information content (AvgIpc) is 2.62. The third-order valence-electron chi connectivity index (χ3n) is 1.70. The highest BCUT2D eigenvalue weighted by molar-refractivity contribution is 7.14. The van der Waals surface area contributed by atoms with Gasteiger partial charge in [0.2, 0.25) is 0 Å². The third-order valence-corrected chi connectivity index (χ3v) is 3.04. The van der Waals surface area contributed by atoms with Gasteiger partial charge in [-0.3, -0.25) is 0 Å². The van der Waals surface area contributed by atoms with Gasteiger partial charge in [-0.1, -0.05) is 6.92 Å². The lowest BCUT2D eigenvalue weighted by molar-refractivity contribution is 0.249. The Morgan fingerprint density at radius 1 is 1.64 bits per heavy atom. The van der Waals surface area contributed by atoms with Crippen molar-refractivity contribution >= 4 is 23.1 Å². The number of urea groups is 1. The van der Waals surface area contributed by atoms with Crippen LogP contribution in [0.5, 0.6) is 0 Å². The Hall–Kier alpha value is -1.36. The summed E-state index contributed by atoms with van der Waals surface area (Å²) in [5, 5.41) is 3.84. The third kappa shape index (κ3) is 2.85. The Morgan fingerprint density at radius 2 is 2.36 bits per heavy atom. The summed E-state index contributed by atoms with van der Waals surface area (Å²) in [6.45, 7) is 3.94. The number of carbonyl (C=O) groups excluding carboxylic acids is 1. The van der Waals surface area contributed by atoms with Gasteiger partial charge in [-0.05, 0) is 25.5 Å². The SMILES string of the molecule is CCc1ccc(C(C)=NNC(N)=O)s1. The van der Waals surface area contributed by atoms with E-state index in [4.69, 9.17) is 5.73 Å². The van der Waals surface area contributed by atoms with E-state index in [0.717, 1.165) is 17.0 Å². The molecule has 3 N–H and O–H groups in total. The van der Waals surface area contributed by atoms with Crippen LogP contribution in [0.15, 0.2) is 17.2 Å². The lowest BCUT2D eigenvalue weighted by Crippen LogP contribution is -2.25. The Kier molecular flexibility index (Phi) is 3.64. The van der Waals surface area contributed by atoms with Crippen LogP contribution in [-0.4, -0.2) is 11.7 Å². The standard InChI is InChI=1S/C9H13N3OS/c1-3-7-4-5-8(14-7)6(2)11-12-9(10)13/h4-5H,3H2,1-2H3,(H3,10,12,13). The minimum absolute atomic E-state index is 0.642. The molecule has 2 amide bonds. The molecule has 0 fully saturated rings. The molecular weight excluding hydrogens is 198 g/mol. The lowest BCUT2D eigenvalue weighted by Gasteiger charge is -1.96. The van der Waals surface area contributed by atoms with Crippen molar-refractivity contribution in [1.29, 1.82) is 0 Å². The van der Waals surface area contributed by atoms with Crippen LogP contribution in [0.3, 0.4) is 0 Å². The molecule has 0 saturated carbocycles. The van der Waals surface area contributed by atoms with Crippen molar-refractivity contribution in [2.24, 2.45) is 10.8 Å². The first-order valence-electron chi connectivity index (χ1n) is 4.32. The number of thiophene rings is 1. The maximum Gasteiger partial charge on any atom is 0.332 e. The highest BCUT2D eigenvalue weighted by atomic mass is 32.1. The van der Waals surface area contributed by atoms with Crippen LogP contribution >= 0.6 is 11.3 Å². The van der Waals surface area contributed by atoms with E-state index < -0.39 is 6.03 Å². The number of nitrogens with two attached hydrogens (primary N) is 1. The molecule has 0 atom stereocenters. The van der Waals surface area contributed by atoms with Crippen LogP contribution in [0.25, 0.3) is 0 Å². The molecule has 76 valence electrons. The van der Waals surface area contributed by atoms with E-state index in [2.05, 4.69) is 23.5 Å². The fourth-order valence-electron chi connectivity index (χ4n) is 0.956. The number of aryl methyl sites for hydroxylation is 1. The van der Waals surface area contributed by atoms with Gasteiger partial charge >= 0.3 is 6.03 Å². The van der Waals surface area contributed by atoms with Crippen LogP contribution in [0.2, 0.25) is 0 Å². The second-order valence-electron chi connectivity index (χ2n) is 2.79. The van der Waals surface area contributed by atoms with E-state index in [0.29, 0.717) is 0 Å². The molecule has 0 aromatic carbocycles. The molecule has 0 radical (unpaired) electrons. The summed E-state index contributed by atoms with van der Waals surface area (Å²) < 4.78 is 0. The van der Waals surface area contributed by atoms with Crippen molar-refractivity contribution in [3.63, 3.8) is 0 Å². The van der Waals surface area contributed by atoms with Gasteiger partial charge in [0.05, 0.1) is 10.6 Å². The molecule has 1 aromatic heterocycles. The van der Waals surface area contributed by atoms with Crippen molar-refractivity contribution in [1.82, 2.24) is 5.43 Å². The number of nitrogens with zero attached hydrogens (tertiary/aromatic N) is 1. The Labute approximate surface area is 86.8 Å². The average molecular weight is 211 g/mol. The number of primary amides is 1. The summed E-state index contributed by atoms with van der Waals surface area (Å²) >= 11 is 1.67. The van der Waals surface area contributed by atoms with Gasteiger partial charge in [-0.15, -0.1) is 11.3 Å². The summed E-state index contributed by atoms with van der Waals surface area (Å²) in [5.74, 6) is 0. The highest BCUT2D eigenvalue weighted by Crippen LogP contribution is 2.17. The van der Waals surface area contributed by atoms with Gasteiger partial charge in [-0.25, -0.2) is 10.2 Å². The highest BCUT2D eigenvalue weighted by Gasteiger charge is 2.01. The smallest absolute Gasteiger partial charge is 0.332 e. The Bertz CT molecular complexity index is 357. The molecule has 14 heavy (non-hydrogen) atoms. The molecule has 4 nitrogen and oxygen atoms in total. The van der Waals surface area contributed by atoms with Gasteiger partial charge < -0.3 is 5.73 Å². The Balaban J connectivity index is 2.73. The van der Waals surface area contributed by atoms with Crippen molar-refractivity contribution < 1.29 is 4.79 Å². The zero-order chi connectivity index (χ0) is 10.6. The van der Waals surface area contributed by atoms with Crippen LogP contribution in [0, 0.1) is 0 Å².